The molecule has 4 rings (SSSR count). The topological polar surface area (TPSA) is 0 Å². The lowest BCUT2D eigenvalue weighted by molar-refractivity contribution is 1.74. The van der Waals surface area contributed by atoms with E-state index in [9.17, 15) is 0 Å². The highest BCUT2D eigenvalue weighted by Gasteiger charge is 2.07. The molecule has 17 heavy (non-hydrogen) atoms. The fourth-order valence-corrected chi connectivity index (χ4v) is 3.14. The van der Waals surface area contributed by atoms with Gasteiger partial charge in [-0.1, -0.05) is 40.2 Å². The van der Waals surface area contributed by atoms with Gasteiger partial charge in [0.15, 0.2) is 0 Å². The van der Waals surface area contributed by atoms with Crippen molar-refractivity contribution >= 4 is 48.2 Å². The van der Waals surface area contributed by atoms with Crippen molar-refractivity contribution in [2.24, 2.45) is 0 Å². The average Bonchev–Trinajstić information content (AvgIpc) is 2.35. The quantitative estimate of drug-likeness (QED) is 0.391. The molecule has 0 aliphatic rings. The normalized spacial score (nSPS) is 11.8. The molecule has 0 spiro atoms. The summed E-state index contributed by atoms with van der Waals surface area (Å²) in [5.41, 5.74) is 0. The van der Waals surface area contributed by atoms with Crippen LogP contribution < -0.4 is 0 Å². The number of hydrogen-bond donors (Lipinski definition) is 0. The summed E-state index contributed by atoms with van der Waals surface area (Å²) in [5, 5.41) is 7.83. The third-order valence-corrected chi connectivity index (χ3v) is 3.81. The summed E-state index contributed by atoms with van der Waals surface area (Å²) in [6, 6.07) is 20.4. The van der Waals surface area contributed by atoms with E-state index in [2.05, 4.69) is 70.5 Å². The Labute approximate surface area is 107 Å². The van der Waals surface area contributed by atoms with Gasteiger partial charge in [-0.3, -0.25) is 0 Å². The highest BCUT2D eigenvalue weighted by Crippen LogP contribution is 2.35. The van der Waals surface area contributed by atoms with Gasteiger partial charge in [0.05, 0.1) is 0 Å². The predicted octanol–water partition coefficient (Wildman–Crippen LogP) is 5.15. The summed E-state index contributed by atoms with van der Waals surface area (Å²) in [6.45, 7) is 0. The van der Waals surface area contributed by atoms with E-state index in [1.807, 2.05) is 0 Å². The van der Waals surface area contributed by atoms with Crippen LogP contribution in [0.4, 0.5) is 0 Å². The van der Waals surface area contributed by atoms with Gasteiger partial charge < -0.3 is 0 Å². The maximum absolute atomic E-state index is 3.57. The minimum atomic E-state index is 1.13. The summed E-state index contributed by atoms with van der Waals surface area (Å²) >= 11 is 3.57. The third-order valence-electron chi connectivity index (χ3n) is 3.35. The molecule has 0 N–H and O–H groups in total. The zero-order valence-corrected chi connectivity index (χ0v) is 10.6. The Morgan fingerprint density at radius 1 is 0.706 bits per heavy atom. The fourth-order valence-electron chi connectivity index (χ4n) is 2.64. The van der Waals surface area contributed by atoms with Crippen molar-refractivity contribution in [3.05, 3.63) is 59.1 Å². The van der Waals surface area contributed by atoms with Crippen LogP contribution in [0.25, 0.3) is 32.3 Å². The molecule has 0 bridgehead atoms. The zero-order chi connectivity index (χ0) is 11.4. The number of hydrogen-bond acceptors (Lipinski definition) is 0. The lowest BCUT2D eigenvalue weighted by Crippen LogP contribution is -1.83. The molecule has 0 saturated carbocycles. The monoisotopic (exact) mass is 279 g/mol. The van der Waals surface area contributed by atoms with Crippen LogP contribution in [0.3, 0.4) is 0 Å². The highest BCUT2D eigenvalue weighted by atomic mass is 79.9. The van der Waals surface area contributed by atoms with Gasteiger partial charge in [0.2, 0.25) is 0 Å². The highest BCUT2D eigenvalue weighted by molar-refractivity contribution is 9.10. The van der Waals surface area contributed by atoms with Crippen molar-refractivity contribution in [2.75, 3.05) is 0 Å². The molecule has 0 atom stereocenters. The summed E-state index contributed by atoms with van der Waals surface area (Å²) in [4.78, 5) is 0. The maximum atomic E-state index is 3.57. The third kappa shape index (κ3) is 1.23. The fraction of sp³-hybridized carbons (Fsp3) is 0. The van der Waals surface area contributed by atoms with Gasteiger partial charge in [0.25, 0.3) is 0 Å². The maximum Gasteiger partial charge on any atom is 0.0187 e. The van der Waals surface area contributed by atoms with E-state index >= 15 is 0 Å². The zero-order valence-electron chi connectivity index (χ0n) is 9.00. The first kappa shape index (κ1) is 9.43. The lowest BCUT2D eigenvalue weighted by Gasteiger charge is -2.10. The van der Waals surface area contributed by atoms with Gasteiger partial charge in [-0.15, -0.1) is 0 Å². The second-order valence-corrected chi connectivity index (χ2v) is 5.28. The molecular weight excluding hydrogens is 272 g/mol. The second-order valence-electron chi connectivity index (χ2n) is 4.37. The van der Waals surface area contributed by atoms with Gasteiger partial charge in [0, 0.05) is 4.47 Å². The summed E-state index contributed by atoms with van der Waals surface area (Å²) in [6.07, 6.45) is 0. The van der Waals surface area contributed by atoms with Crippen molar-refractivity contribution in [1.29, 1.82) is 0 Å². The standard InChI is InChI=1S/C16H8Br/c17-14-8-12-6-4-10-2-1-3-11-5-7-13(9-14)16(12)15(10)11/h2-9H. The smallest absolute Gasteiger partial charge is 0.0187 e. The van der Waals surface area contributed by atoms with Crippen molar-refractivity contribution in [3.8, 4) is 0 Å². The van der Waals surface area contributed by atoms with Gasteiger partial charge in [0.1, 0.15) is 0 Å². The summed E-state index contributed by atoms with van der Waals surface area (Å²) in [5.74, 6) is 0. The lowest BCUT2D eigenvalue weighted by atomic mass is 9.94. The molecule has 0 amide bonds. The van der Waals surface area contributed by atoms with Gasteiger partial charge >= 0.3 is 0 Å². The number of halogens is 1. The Kier molecular flexibility index (Phi) is 1.78. The van der Waals surface area contributed by atoms with E-state index < -0.39 is 0 Å². The van der Waals surface area contributed by atoms with Gasteiger partial charge in [-0.05, 0) is 62.6 Å². The van der Waals surface area contributed by atoms with Crippen molar-refractivity contribution in [1.82, 2.24) is 0 Å². The van der Waals surface area contributed by atoms with Crippen LogP contribution in [0.1, 0.15) is 0 Å². The molecule has 0 aromatic heterocycles. The molecule has 1 heteroatoms. The van der Waals surface area contributed by atoms with E-state index in [1.54, 1.807) is 0 Å². The van der Waals surface area contributed by atoms with Crippen LogP contribution >= 0.6 is 15.9 Å². The Hall–Kier alpha value is -1.60. The molecule has 4 aromatic rings. The Morgan fingerprint density at radius 2 is 1.18 bits per heavy atom. The molecule has 79 valence electrons. The molecule has 0 unspecified atom stereocenters. The first-order valence-electron chi connectivity index (χ1n) is 5.57. The van der Waals surface area contributed by atoms with E-state index in [0.717, 1.165) is 4.47 Å². The molecule has 0 aliphatic carbocycles. The van der Waals surface area contributed by atoms with Crippen LogP contribution in [0.15, 0.2) is 53.0 Å². The van der Waals surface area contributed by atoms with Crippen molar-refractivity contribution in [2.45, 2.75) is 0 Å². The molecule has 0 fully saturated rings. The SMILES string of the molecule is Brc1cc2ccc3c[c]cc4ccc(c1)c2c34. The number of benzene rings is 4. The Balaban J connectivity index is 2.45. The van der Waals surface area contributed by atoms with Crippen molar-refractivity contribution in [3.63, 3.8) is 0 Å². The summed E-state index contributed by atoms with van der Waals surface area (Å²) < 4.78 is 1.13. The molecule has 1 radical (unpaired) electrons. The minimum Gasteiger partial charge on any atom is -0.0537 e. The number of rotatable bonds is 0. The van der Waals surface area contributed by atoms with E-state index in [1.165, 1.54) is 32.3 Å². The van der Waals surface area contributed by atoms with E-state index in [-0.39, 0.29) is 0 Å². The van der Waals surface area contributed by atoms with Gasteiger partial charge in [-0.25, -0.2) is 0 Å². The molecule has 0 heterocycles. The largest absolute Gasteiger partial charge is 0.0537 e. The molecule has 0 saturated heterocycles. The van der Waals surface area contributed by atoms with Crippen LogP contribution in [-0.4, -0.2) is 0 Å². The molecule has 0 aliphatic heterocycles. The predicted molar refractivity (Wildman–Crippen MR) is 76.7 cm³/mol. The van der Waals surface area contributed by atoms with Crippen molar-refractivity contribution < 1.29 is 0 Å². The first-order valence-corrected chi connectivity index (χ1v) is 6.36. The molecule has 4 aromatic carbocycles. The van der Waals surface area contributed by atoms with Crippen LogP contribution in [0.2, 0.25) is 0 Å². The van der Waals surface area contributed by atoms with Crippen LogP contribution in [0.5, 0.6) is 0 Å². The van der Waals surface area contributed by atoms with Crippen LogP contribution in [-0.2, 0) is 0 Å². The molecule has 0 nitrogen and oxygen atoms in total. The van der Waals surface area contributed by atoms with E-state index in [0.29, 0.717) is 0 Å². The minimum absolute atomic E-state index is 1.13. The summed E-state index contributed by atoms with van der Waals surface area (Å²) in [7, 11) is 0. The molecular formula is C16H8Br. The Morgan fingerprint density at radius 3 is 1.76 bits per heavy atom. The average molecular weight is 280 g/mol. The Bertz CT molecular complexity index is 782. The second kappa shape index (κ2) is 3.21. The first-order chi connectivity index (χ1) is 8.33. The van der Waals surface area contributed by atoms with Gasteiger partial charge in [-0.2, -0.15) is 0 Å². The van der Waals surface area contributed by atoms with Crippen LogP contribution in [0, 0.1) is 6.07 Å². The van der Waals surface area contributed by atoms with E-state index in [4.69, 9.17) is 0 Å².